The van der Waals surface area contributed by atoms with Gasteiger partial charge in [0.1, 0.15) is 6.54 Å². The summed E-state index contributed by atoms with van der Waals surface area (Å²) in [4.78, 5) is 11.1. The van der Waals surface area contributed by atoms with Crippen molar-refractivity contribution in [1.82, 2.24) is 4.31 Å². The summed E-state index contributed by atoms with van der Waals surface area (Å²) in [6.45, 7) is 4.21. The molecular formula is C15H21NO7S2. The molecule has 0 aromatic heterocycles. The van der Waals surface area contributed by atoms with Gasteiger partial charge in [-0.25, -0.2) is 16.8 Å². The predicted octanol–water partition coefficient (Wildman–Crippen LogP) is -0.155. The van der Waals surface area contributed by atoms with Gasteiger partial charge < -0.3 is 10.2 Å². The Labute approximate surface area is 147 Å². The van der Waals surface area contributed by atoms with Gasteiger partial charge in [0.2, 0.25) is 10.0 Å². The van der Waals surface area contributed by atoms with Crippen molar-refractivity contribution in [3.05, 3.63) is 28.8 Å². The van der Waals surface area contributed by atoms with Crippen LogP contribution < -0.4 is 0 Å². The SMILES string of the molecule is Cc1cc(C)c(S(=O)(=O)N(CC(=O)O)[C@@H]2CS(=O)(=O)C[C@@H]2O)cc1C. The number of nitrogens with zero attached hydrogens (tertiary/aromatic N) is 1. The quantitative estimate of drug-likeness (QED) is 0.714. The topological polar surface area (TPSA) is 129 Å². The second kappa shape index (κ2) is 6.67. The molecule has 140 valence electrons. The van der Waals surface area contributed by atoms with Crippen molar-refractivity contribution in [3.8, 4) is 0 Å². The van der Waals surface area contributed by atoms with Gasteiger partial charge in [-0.15, -0.1) is 0 Å². The molecule has 0 bridgehead atoms. The van der Waals surface area contributed by atoms with E-state index in [1.165, 1.54) is 6.07 Å². The maximum absolute atomic E-state index is 13.1. The van der Waals surface area contributed by atoms with E-state index in [0.717, 1.165) is 5.56 Å². The number of aliphatic carboxylic acids is 1. The molecule has 2 rings (SSSR count). The molecule has 1 heterocycles. The molecule has 0 radical (unpaired) electrons. The fourth-order valence-corrected chi connectivity index (χ4v) is 6.73. The number of sulfone groups is 1. The summed E-state index contributed by atoms with van der Waals surface area (Å²) in [5.41, 5.74) is 2.01. The molecule has 0 unspecified atom stereocenters. The zero-order valence-corrected chi connectivity index (χ0v) is 15.8. The summed E-state index contributed by atoms with van der Waals surface area (Å²) in [6.07, 6.45) is -1.47. The highest BCUT2D eigenvalue weighted by molar-refractivity contribution is 7.92. The van der Waals surface area contributed by atoms with Crippen LogP contribution in [-0.2, 0) is 24.7 Å². The number of aryl methyl sites for hydroxylation is 3. The van der Waals surface area contributed by atoms with E-state index in [1.54, 1.807) is 19.9 Å². The lowest BCUT2D eigenvalue weighted by atomic mass is 10.1. The zero-order valence-electron chi connectivity index (χ0n) is 14.1. The van der Waals surface area contributed by atoms with Gasteiger partial charge in [-0.3, -0.25) is 4.79 Å². The Kier molecular flexibility index (Phi) is 5.29. The van der Waals surface area contributed by atoms with E-state index in [9.17, 15) is 26.7 Å². The van der Waals surface area contributed by atoms with Crippen LogP contribution in [0.5, 0.6) is 0 Å². The van der Waals surface area contributed by atoms with E-state index >= 15 is 0 Å². The molecule has 1 saturated heterocycles. The second-order valence-electron chi connectivity index (χ2n) is 6.36. The Morgan fingerprint density at radius 1 is 1.16 bits per heavy atom. The van der Waals surface area contributed by atoms with Gasteiger partial charge in [0.15, 0.2) is 9.84 Å². The minimum atomic E-state index is -4.30. The van der Waals surface area contributed by atoms with Crippen molar-refractivity contribution >= 4 is 25.8 Å². The van der Waals surface area contributed by atoms with Gasteiger partial charge in [0.05, 0.1) is 28.5 Å². The van der Waals surface area contributed by atoms with Gasteiger partial charge in [-0.2, -0.15) is 4.31 Å². The number of carbonyl (C=O) groups is 1. The minimum absolute atomic E-state index is 0.0895. The number of aliphatic hydroxyl groups is 1. The fourth-order valence-electron chi connectivity index (χ4n) is 2.94. The smallest absolute Gasteiger partial charge is 0.318 e. The largest absolute Gasteiger partial charge is 0.480 e. The third-order valence-corrected chi connectivity index (χ3v) is 8.04. The average Bonchev–Trinajstić information content (AvgIpc) is 2.72. The van der Waals surface area contributed by atoms with E-state index in [1.807, 2.05) is 6.92 Å². The van der Waals surface area contributed by atoms with Crippen LogP contribution in [0.25, 0.3) is 0 Å². The molecular weight excluding hydrogens is 370 g/mol. The summed E-state index contributed by atoms with van der Waals surface area (Å²) < 4.78 is 50.2. The molecule has 10 heteroatoms. The number of sulfonamides is 1. The zero-order chi connectivity index (χ0) is 19.2. The molecule has 2 N–H and O–H groups in total. The van der Waals surface area contributed by atoms with E-state index in [-0.39, 0.29) is 4.90 Å². The Morgan fingerprint density at radius 3 is 2.20 bits per heavy atom. The summed E-state index contributed by atoms with van der Waals surface area (Å²) in [5, 5.41) is 19.1. The Hall–Kier alpha value is -1.49. The van der Waals surface area contributed by atoms with Crippen molar-refractivity contribution in [2.75, 3.05) is 18.1 Å². The van der Waals surface area contributed by atoms with Gasteiger partial charge in [0, 0.05) is 0 Å². The Morgan fingerprint density at radius 2 is 1.72 bits per heavy atom. The van der Waals surface area contributed by atoms with E-state index < -0.39 is 56.0 Å². The summed E-state index contributed by atoms with van der Waals surface area (Å²) in [6, 6.07) is 1.78. The maximum Gasteiger partial charge on any atom is 0.318 e. The first-order valence-electron chi connectivity index (χ1n) is 7.55. The highest BCUT2D eigenvalue weighted by atomic mass is 32.2. The lowest BCUT2D eigenvalue weighted by Crippen LogP contribution is -2.49. The first kappa shape index (κ1) is 19.8. The highest BCUT2D eigenvalue weighted by Gasteiger charge is 2.45. The monoisotopic (exact) mass is 391 g/mol. The fraction of sp³-hybridized carbons (Fsp3) is 0.533. The van der Waals surface area contributed by atoms with Gasteiger partial charge in [-0.05, 0) is 43.5 Å². The summed E-state index contributed by atoms with van der Waals surface area (Å²) >= 11 is 0. The van der Waals surface area contributed by atoms with E-state index in [2.05, 4.69) is 0 Å². The number of hydrogen-bond donors (Lipinski definition) is 2. The van der Waals surface area contributed by atoms with E-state index in [4.69, 9.17) is 5.11 Å². The third kappa shape index (κ3) is 4.02. The summed E-state index contributed by atoms with van der Waals surface area (Å²) in [5.74, 6) is -2.62. The van der Waals surface area contributed by atoms with Crippen LogP contribution in [-0.4, -0.2) is 67.5 Å². The van der Waals surface area contributed by atoms with Crippen LogP contribution in [0.15, 0.2) is 17.0 Å². The molecule has 0 amide bonds. The Bertz CT molecular complexity index is 906. The molecule has 1 aromatic rings. The van der Waals surface area contributed by atoms with Crippen LogP contribution in [0.3, 0.4) is 0 Å². The number of aliphatic hydroxyl groups excluding tert-OH is 1. The normalized spacial score (nSPS) is 23.1. The van der Waals surface area contributed by atoms with E-state index in [0.29, 0.717) is 15.4 Å². The van der Waals surface area contributed by atoms with Crippen LogP contribution >= 0.6 is 0 Å². The molecule has 1 aromatic carbocycles. The molecule has 1 fully saturated rings. The number of carboxylic acid groups (broad SMARTS) is 1. The van der Waals surface area contributed by atoms with Crippen LogP contribution in [0.2, 0.25) is 0 Å². The second-order valence-corrected chi connectivity index (χ2v) is 10.4. The van der Waals surface area contributed by atoms with Gasteiger partial charge in [-0.1, -0.05) is 6.07 Å². The van der Waals surface area contributed by atoms with Crippen molar-refractivity contribution in [2.45, 2.75) is 37.8 Å². The van der Waals surface area contributed by atoms with Gasteiger partial charge in [0.25, 0.3) is 0 Å². The average molecular weight is 391 g/mol. The van der Waals surface area contributed by atoms with Crippen LogP contribution in [0.1, 0.15) is 16.7 Å². The number of hydrogen-bond acceptors (Lipinski definition) is 6. The maximum atomic E-state index is 13.1. The first-order valence-corrected chi connectivity index (χ1v) is 10.8. The third-order valence-electron chi connectivity index (χ3n) is 4.33. The predicted molar refractivity (Wildman–Crippen MR) is 90.6 cm³/mol. The lowest BCUT2D eigenvalue weighted by Gasteiger charge is -2.28. The summed E-state index contributed by atoms with van der Waals surface area (Å²) in [7, 11) is -7.95. The molecule has 25 heavy (non-hydrogen) atoms. The Balaban J connectivity index is 2.58. The van der Waals surface area contributed by atoms with Crippen molar-refractivity contribution < 1.29 is 31.8 Å². The van der Waals surface area contributed by atoms with Crippen molar-refractivity contribution in [2.24, 2.45) is 0 Å². The van der Waals surface area contributed by atoms with Crippen LogP contribution in [0.4, 0.5) is 0 Å². The van der Waals surface area contributed by atoms with Crippen LogP contribution in [0, 0.1) is 20.8 Å². The standard InChI is InChI=1S/C15H21NO7S2/c1-9-4-11(3)14(5-10(9)2)25(22,23)16(6-15(18)19)12-7-24(20,21)8-13(12)17/h4-5,12-13,17H,6-8H2,1-3H3,(H,18,19)/t12-,13+/m1/s1. The molecule has 8 nitrogen and oxygen atoms in total. The number of carboxylic acids is 1. The first-order chi connectivity index (χ1) is 11.3. The molecule has 0 saturated carbocycles. The lowest BCUT2D eigenvalue weighted by molar-refractivity contribution is -0.137. The molecule has 0 spiro atoms. The molecule has 2 atom stereocenters. The highest BCUT2D eigenvalue weighted by Crippen LogP contribution is 2.28. The van der Waals surface area contributed by atoms with Crippen molar-refractivity contribution in [1.29, 1.82) is 0 Å². The van der Waals surface area contributed by atoms with Crippen molar-refractivity contribution in [3.63, 3.8) is 0 Å². The molecule has 1 aliphatic heterocycles. The van der Waals surface area contributed by atoms with Gasteiger partial charge >= 0.3 is 5.97 Å². The molecule has 0 aliphatic carbocycles. The number of benzene rings is 1. The number of rotatable bonds is 5. The minimum Gasteiger partial charge on any atom is -0.480 e. The molecule has 1 aliphatic rings.